The van der Waals surface area contributed by atoms with Gasteiger partial charge in [0.25, 0.3) is 0 Å². The van der Waals surface area contributed by atoms with Crippen molar-refractivity contribution in [2.75, 3.05) is 19.1 Å². The molecule has 0 radical (unpaired) electrons. The van der Waals surface area contributed by atoms with Crippen LogP contribution in [0, 0.1) is 4.77 Å². The summed E-state index contributed by atoms with van der Waals surface area (Å²) < 4.78 is 19.4. The van der Waals surface area contributed by atoms with E-state index >= 15 is 0 Å². The quantitative estimate of drug-likeness (QED) is 0.263. The first kappa shape index (κ1) is 23.7. The largest absolute Gasteiger partial charge is 0.496 e. The summed E-state index contributed by atoms with van der Waals surface area (Å²) in [5.41, 5.74) is 5.98. The number of nitrogens with one attached hydrogen (secondary N) is 2. The number of aromatic amines is 1. The zero-order valence-electron chi connectivity index (χ0n) is 18.9. The summed E-state index contributed by atoms with van der Waals surface area (Å²) >= 11 is 12.0. The number of ether oxygens (including phenoxy) is 3. The van der Waals surface area contributed by atoms with Crippen molar-refractivity contribution in [3.63, 3.8) is 0 Å². The molecular formula is C25H25ClN4O3S. The minimum absolute atomic E-state index is 0.383. The van der Waals surface area contributed by atoms with Gasteiger partial charge in [0.1, 0.15) is 12.4 Å². The van der Waals surface area contributed by atoms with Crippen molar-refractivity contribution >= 4 is 23.8 Å². The van der Waals surface area contributed by atoms with Gasteiger partial charge in [-0.15, -0.1) is 0 Å². The van der Waals surface area contributed by atoms with Crippen LogP contribution in [-0.4, -0.2) is 28.6 Å². The molecule has 3 aromatic carbocycles. The summed E-state index contributed by atoms with van der Waals surface area (Å²) in [6.07, 6.45) is 0. The van der Waals surface area contributed by atoms with E-state index in [1.807, 2.05) is 67.6 Å². The van der Waals surface area contributed by atoms with E-state index in [0.717, 1.165) is 16.7 Å². The van der Waals surface area contributed by atoms with Crippen LogP contribution in [0.25, 0.3) is 11.4 Å². The molecule has 1 heterocycles. The molecule has 0 aliphatic rings. The number of methoxy groups -OCH3 is 1. The van der Waals surface area contributed by atoms with E-state index in [1.54, 1.807) is 17.9 Å². The van der Waals surface area contributed by atoms with Crippen LogP contribution in [-0.2, 0) is 13.2 Å². The van der Waals surface area contributed by atoms with Crippen LogP contribution >= 0.6 is 23.8 Å². The molecule has 0 fully saturated rings. The summed E-state index contributed by atoms with van der Waals surface area (Å²) in [6.45, 7) is 3.23. The molecule has 0 bridgehead atoms. The average molecular weight is 497 g/mol. The summed E-state index contributed by atoms with van der Waals surface area (Å²) in [5, 5.41) is 7.75. The fraction of sp³-hybridized carbons (Fsp3) is 0.200. The van der Waals surface area contributed by atoms with Crippen LogP contribution < -0.4 is 19.6 Å². The molecular weight excluding hydrogens is 472 g/mol. The van der Waals surface area contributed by atoms with Gasteiger partial charge < -0.3 is 19.6 Å². The molecule has 176 valence electrons. The third-order valence-electron chi connectivity index (χ3n) is 5.10. The molecule has 0 spiro atoms. The standard InChI is InChI=1S/C25H25ClN4O3S/c1-3-32-22-13-18(20(26)14-23(22)33-16-17-9-5-4-6-10-17)15-27-30-24(28-29-25(30)34)19-11-7-8-12-21(19)31-2/h4-14,27H,3,15-16H2,1-2H3,(H,29,34). The van der Waals surface area contributed by atoms with Crippen LogP contribution in [0.4, 0.5) is 0 Å². The predicted molar refractivity (Wildman–Crippen MR) is 136 cm³/mol. The van der Waals surface area contributed by atoms with E-state index in [2.05, 4.69) is 15.6 Å². The molecule has 9 heteroatoms. The summed E-state index contributed by atoms with van der Waals surface area (Å²) in [5.74, 6) is 2.51. The van der Waals surface area contributed by atoms with E-state index in [0.29, 0.717) is 52.6 Å². The topological polar surface area (TPSA) is 73.3 Å². The number of para-hydroxylation sites is 1. The van der Waals surface area contributed by atoms with Gasteiger partial charge in [-0.05, 0) is 48.5 Å². The number of hydrogen-bond donors (Lipinski definition) is 2. The van der Waals surface area contributed by atoms with Gasteiger partial charge >= 0.3 is 0 Å². The highest BCUT2D eigenvalue weighted by atomic mass is 35.5. The Kier molecular flexibility index (Phi) is 7.72. The van der Waals surface area contributed by atoms with Crippen molar-refractivity contribution in [3.05, 3.63) is 87.7 Å². The number of halogens is 1. The fourth-order valence-electron chi connectivity index (χ4n) is 3.45. The number of hydrogen-bond acceptors (Lipinski definition) is 6. The Balaban J connectivity index is 1.56. The van der Waals surface area contributed by atoms with Crippen molar-refractivity contribution in [3.8, 4) is 28.6 Å². The minimum Gasteiger partial charge on any atom is -0.496 e. The molecule has 0 unspecified atom stereocenters. The van der Waals surface area contributed by atoms with Gasteiger partial charge in [-0.2, -0.15) is 5.10 Å². The van der Waals surface area contributed by atoms with Gasteiger partial charge in [-0.1, -0.05) is 54.1 Å². The molecule has 0 atom stereocenters. The van der Waals surface area contributed by atoms with Crippen LogP contribution in [0.2, 0.25) is 5.02 Å². The number of H-pyrrole nitrogens is 1. The van der Waals surface area contributed by atoms with E-state index in [4.69, 9.17) is 38.0 Å². The SMILES string of the molecule is CCOc1cc(CNn2c(-c3ccccc3OC)n[nH]c2=S)c(Cl)cc1OCc1ccccc1. The molecule has 4 rings (SSSR count). The normalized spacial score (nSPS) is 10.7. The Morgan fingerprint density at radius 1 is 1.00 bits per heavy atom. The molecule has 7 nitrogen and oxygen atoms in total. The maximum atomic E-state index is 6.61. The van der Waals surface area contributed by atoms with Crippen LogP contribution in [0.15, 0.2) is 66.7 Å². The number of nitrogens with zero attached hydrogens (tertiary/aromatic N) is 2. The van der Waals surface area contributed by atoms with E-state index < -0.39 is 0 Å². The van der Waals surface area contributed by atoms with Crippen molar-refractivity contribution in [1.82, 2.24) is 14.9 Å². The summed E-state index contributed by atoms with van der Waals surface area (Å²) in [4.78, 5) is 0. The highest BCUT2D eigenvalue weighted by molar-refractivity contribution is 7.71. The Hall–Kier alpha value is -3.49. The molecule has 34 heavy (non-hydrogen) atoms. The molecule has 4 aromatic rings. The van der Waals surface area contributed by atoms with Crippen molar-refractivity contribution < 1.29 is 14.2 Å². The van der Waals surface area contributed by atoms with E-state index in [1.165, 1.54) is 0 Å². The number of rotatable bonds is 10. The maximum Gasteiger partial charge on any atom is 0.214 e. The zero-order valence-corrected chi connectivity index (χ0v) is 20.4. The average Bonchev–Trinajstić information content (AvgIpc) is 3.23. The smallest absolute Gasteiger partial charge is 0.214 e. The first-order valence-electron chi connectivity index (χ1n) is 10.8. The second kappa shape index (κ2) is 11.1. The second-order valence-corrected chi connectivity index (χ2v) is 8.11. The predicted octanol–water partition coefficient (Wildman–Crippen LogP) is 5.99. The van der Waals surface area contributed by atoms with Crippen molar-refractivity contribution in [1.29, 1.82) is 0 Å². The minimum atomic E-state index is 0.383. The van der Waals surface area contributed by atoms with Gasteiger partial charge in [0.15, 0.2) is 17.3 Å². The number of benzene rings is 3. The summed E-state index contributed by atoms with van der Waals surface area (Å²) in [7, 11) is 1.62. The van der Waals surface area contributed by atoms with Crippen LogP contribution in [0.3, 0.4) is 0 Å². The van der Waals surface area contributed by atoms with Gasteiger partial charge in [0, 0.05) is 11.1 Å². The Morgan fingerprint density at radius 2 is 1.74 bits per heavy atom. The Labute approximate surface area is 208 Å². The van der Waals surface area contributed by atoms with Gasteiger partial charge in [0.05, 0.1) is 25.8 Å². The van der Waals surface area contributed by atoms with Crippen molar-refractivity contribution in [2.24, 2.45) is 0 Å². The third kappa shape index (κ3) is 5.35. The molecule has 0 saturated heterocycles. The van der Waals surface area contributed by atoms with Crippen LogP contribution in [0.5, 0.6) is 17.2 Å². The number of aromatic nitrogens is 3. The lowest BCUT2D eigenvalue weighted by Gasteiger charge is -2.16. The lowest BCUT2D eigenvalue weighted by atomic mass is 10.2. The van der Waals surface area contributed by atoms with Crippen molar-refractivity contribution in [2.45, 2.75) is 20.1 Å². The lowest BCUT2D eigenvalue weighted by Crippen LogP contribution is -2.16. The van der Waals surface area contributed by atoms with E-state index in [-0.39, 0.29) is 0 Å². The third-order valence-corrected chi connectivity index (χ3v) is 5.72. The Bertz CT molecular complexity index is 1310. The highest BCUT2D eigenvalue weighted by Crippen LogP contribution is 2.34. The summed E-state index contributed by atoms with van der Waals surface area (Å²) in [6, 6.07) is 21.2. The highest BCUT2D eigenvalue weighted by Gasteiger charge is 2.15. The van der Waals surface area contributed by atoms with Gasteiger partial charge in [0.2, 0.25) is 4.77 Å². The van der Waals surface area contributed by atoms with Gasteiger partial charge in [-0.3, -0.25) is 0 Å². The molecule has 1 aromatic heterocycles. The first-order valence-corrected chi connectivity index (χ1v) is 11.6. The second-order valence-electron chi connectivity index (χ2n) is 7.32. The molecule has 2 N–H and O–H groups in total. The zero-order chi connectivity index (χ0) is 23.9. The molecule has 0 aliphatic carbocycles. The monoisotopic (exact) mass is 496 g/mol. The maximum absolute atomic E-state index is 6.61. The van der Waals surface area contributed by atoms with Gasteiger partial charge in [-0.25, -0.2) is 9.77 Å². The lowest BCUT2D eigenvalue weighted by molar-refractivity contribution is 0.269. The molecule has 0 saturated carbocycles. The fourth-order valence-corrected chi connectivity index (χ4v) is 3.86. The molecule has 0 amide bonds. The Morgan fingerprint density at radius 3 is 2.50 bits per heavy atom. The first-order chi connectivity index (χ1) is 16.6. The van der Waals surface area contributed by atoms with E-state index in [9.17, 15) is 0 Å². The van der Waals surface area contributed by atoms with Crippen LogP contribution in [0.1, 0.15) is 18.1 Å². The molecule has 0 aliphatic heterocycles.